The quantitative estimate of drug-likeness (QED) is 0.541. The van der Waals surface area contributed by atoms with E-state index in [-0.39, 0.29) is 18.6 Å². The van der Waals surface area contributed by atoms with Gasteiger partial charge in [-0.1, -0.05) is 42.5 Å². The fourth-order valence-corrected chi connectivity index (χ4v) is 4.90. The van der Waals surface area contributed by atoms with Crippen molar-refractivity contribution in [1.82, 2.24) is 20.0 Å². The number of methoxy groups -OCH3 is 1. The number of benzene rings is 2. The Balaban J connectivity index is 1.54. The van der Waals surface area contributed by atoms with Gasteiger partial charge in [-0.25, -0.2) is 9.59 Å². The number of nitrogens with one attached hydrogen (secondary N) is 1. The number of ether oxygens (including phenoxy) is 2. The van der Waals surface area contributed by atoms with E-state index in [0.29, 0.717) is 18.7 Å². The molecule has 0 radical (unpaired) electrons. The number of rotatable bonds is 9. The van der Waals surface area contributed by atoms with Gasteiger partial charge in [0.2, 0.25) is 0 Å². The van der Waals surface area contributed by atoms with Gasteiger partial charge in [0.25, 0.3) is 0 Å². The van der Waals surface area contributed by atoms with Crippen LogP contribution in [-0.4, -0.2) is 79.7 Å². The van der Waals surface area contributed by atoms with E-state index in [9.17, 15) is 9.59 Å². The summed E-state index contributed by atoms with van der Waals surface area (Å²) in [5.41, 5.74) is 3.34. The summed E-state index contributed by atoms with van der Waals surface area (Å²) in [4.78, 5) is 32.7. The largest absolute Gasteiger partial charge is 0.497 e. The predicted molar refractivity (Wildman–Crippen MR) is 138 cm³/mol. The standard InChI is InChI=1S/C28H36N4O4/c1-4-32-24(20-31-16-14-30(15-17-31)19-21-10-9-13-23(18-21)35-3)25(27(33)36-5-2)26(29-28(32)34)22-11-7-6-8-12-22/h6-13,18,26H,4-5,14-17,19-20H2,1-3H3,(H,29,34)/t26-/m0/s1. The molecule has 0 saturated carbocycles. The van der Waals surface area contributed by atoms with Crippen molar-refractivity contribution in [2.24, 2.45) is 0 Å². The first-order valence-electron chi connectivity index (χ1n) is 12.6. The number of piperazine rings is 1. The summed E-state index contributed by atoms with van der Waals surface area (Å²) in [6.45, 7) is 9.36. The Morgan fingerprint density at radius 3 is 2.31 bits per heavy atom. The second kappa shape index (κ2) is 12.1. The molecule has 4 rings (SSSR count). The number of urea groups is 1. The van der Waals surface area contributed by atoms with Gasteiger partial charge >= 0.3 is 12.0 Å². The van der Waals surface area contributed by atoms with Crippen molar-refractivity contribution in [1.29, 1.82) is 0 Å². The fraction of sp³-hybridized carbons (Fsp3) is 0.429. The van der Waals surface area contributed by atoms with Crippen LogP contribution in [0.2, 0.25) is 0 Å². The molecule has 8 nitrogen and oxygen atoms in total. The van der Waals surface area contributed by atoms with Gasteiger partial charge in [0, 0.05) is 51.5 Å². The number of carbonyl (C=O) groups excluding carboxylic acids is 2. The van der Waals surface area contributed by atoms with Crippen LogP contribution in [0.3, 0.4) is 0 Å². The molecule has 8 heteroatoms. The average molecular weight is 493 g/mol. The summed E-state index contributed by atoms with van der Waals surface area (Å²) >= 11 is 0. The topological polar surface area (TPSA) is 74.4 Å². The van der Waals surface area contributed by atoms with Gasteiger partial charge in [0.05, 0.1) is 25.3 Å². The van der Waals surface area contributed by atoms with E-state index >= 15 is 0 Å². The molecule has 2 heterocycles. The van der Waals surface area contributed by atoms with E-state index < -0.39 is 6.04 Å². The minimum Gasteiger partial charge on any atom is -0.497 e. The van der Waals surface area contributed by atoms with Crippen molar-refractivity contribution in [3.05, 3.63) is 77.0 Å². The lowest BCUT2D eigenvalue weighted by Gasteiger charge is -2.40. The van der Waals surface area contributed by atoms with E-state index in [2.05, 4.69) is 27.2 Å². The number of esters is 1. The highest BCUT2D eigenvalue weighted by molar-refractivity contribution is 5.95. The first-order chi connectivity index (χ1) is 17.5. The molecule has 0 aliphatic carbocycles. The van der Waals surface area contributed by atoms with Crippen LogP contribution in [0.5, 0.6) is 5.75 Å². The summed E-state index contributed by atoms with van der Waals surface area (Å²) in [5.74, 6) is 0.490. The highest BCUT2D eigenvalue weighted by Gasteiger charge is 2.38. The van der Waals surface area contributed by atoms with Crippen LogP contribution in [0.4, 0.5) is 4.79 Å². The van der Waals surface area contributed by atoms with Gasteiger partial charge in [0.1, 0.15) is 5.75 Å². The lowest BCUT2D eigenvalue weighted by molar-refractivity contribution is -0.139. The Hall–Kier alpha value is -3.36. The molecule has 0 bridgehead atoms. The first-order valence-corrected chi connectivity index (χ1v) is 12.6. The van der Waals surface area contributed by atoms with Crippen LogP contribution < -0.4 is 10.1 Å². The maximum absolute atomic E-state index is 13.2. The van der Waals surface area contributed by atoms with Crippen molar-refractivity contribution in [3.63, 3.8) is 0 Å². The fourth-order valence-electron chi connectivity index (χ4n) is 4.90. The molecule has 2 aliphatic rings. The second-order valence-corrected chi connectivity index (χ2v) is 9.02. The zero-order valence-electron chi connectivity index (χ0n) is 21.4. The molecular weight excluding hydrogens is 456 g/mol. The number of likely N-dealkylation sites (N-methyl/N-ethyl adjacent to an activating group) is 1. The summed E-state index contributed by atoms with van der Waals surface area (Å²) < 4.78 is 10.8. The molecule has 1 atom stereocenters. The lowest BCUT2D eigenvalue weighted by atomic mass is 9.94. The van der Waals surface area contributed by atoms with Crippen molar-refractivity contribution >= 4 is 12.0 Å². The lowest BCUT2D eigenvalue weighted by Crippen LogP contribution is -2.53. The summed E-state index contributed by atoms with van der Waals surface area (Å²) in [6, 6.07) is 17.1. The summed E-state index contributed by atoms with van der Waals surface area (Å²) in [6.07, 6.45) is 0. The van der Waals surface area contributed by atoms with Crippen molar-refractivity contribution in [3.8, 4) is 5.75 Å². The summed E-state index contributed by atoms with van der Waals surface area (Å²) in [7, 11) is 1.69. The van der Waals surface area contributed by atoms with Crippen molar-refractivity contribution in [2.45, 2.75) is 26.4 Å². The van der Waals surface area contributed by atoms with Gasteiger partial charge in [-0.2, -0.15) is 0 Å². The van der Waals surface area contributed by atoms with E-state index in [1.54, 1.807) is 18.9 Å². The molecule has 36 heavy (non-hydrogen) atoms. The van der Waals surface area contributed by atoms with Crippen LogP contribution in [0.15, 0.2) is 65.9 Å². The Kier molecular flexibility index (Phi) is 8.61. The third-order valence-electron chi connectivity index (χ3n) is 6.76. The van der Waals surface area contributed by atoms with Crippen LogP contribution in [0.25, 0.3) is 0 Å². The number of amides is 2. The molecule has 1 saturated heterocycles. The van der Waals surface area contributed by atoms with Crippen molar-refractivity contribution in [2.75, 3.05) is 53.0 Å². The zero-order valence-corrected chi connectivity index (χ0v) is 21.4. The minimum atomic E-state index is -0.537. The Morgan fingerprint density at radius 2 is 1.67 bits per heavy atom. The molecular formula is C28H36N4O4. The Morgan fingerprint density at radius 1 is 0.972 bits per heavy atom. The zero-order chi connectivity index (χ0) is 25.5. The van der Waals surface area contributed by atoms with Crippen LogP contribution in [-0.2, 0) is 16.1 Å². The maximum atomic E-state index is 13.2. The van der Waals surface area contributed by atoms with E-state index in [1.807, 2.05) is 49.4 Å². The highest BCUT2D eigenvalue weighted by atomic mass is 16.5. The molecule has 2 aliphatic heterocycles. The second-order valence-electron chi connectivity index (χ2n) is 9.02. The normalized spacial score (nSPS) is 19.2. The number of hydrogen-bond acceptors (Lipinski definition) is 6. The molecule has 2 aromatic rings. The van der Waals surface area contributed by atoms with E-state index in [1.165, 1.54) is 5.56 Å². The van der Waals surface area contributed by atoms with Gasteiger partial charge in [0.15, 0.2) is 0 Å². The molecule has 2 aromatic carbocycles. The van der Waals surface area contributed by atoms with Crippen LogP contribution >= 0.6 is 0 Å². The SMILES string of the molecule is CCOC(=O)C1=C(CN2CCN(Cc3cccc(OC)c3)CC2)N(CC)C(=O)N[C@H]1c1ccccc1. The molecule has 1 N–H and O–H groups in total. The monoisotopic (exact) mass is 492 g/mol. The number of nitrogens with zero attached hydrogens (tertiary/aromatic N) is 3. The maximum Gasteiger partial charge on any atom is 0.338 e. The van der Waals surface area contributed by atoms with E-state index in [0.717, 1.165) is 49.7 Å². The summed E-state index contributed by atoms with van der Waals surface area (Å²) in [5, 5.41) is 3.03. The van der Waals surface area contributed by atoms with Gasteiger partial charge < -0.3 is 14.8 Å². The molecule has 0 unspecified atom stereocenters. The molecule has 0 spiro atoms. The third-order valence-corrected chi connectivity index (χ3v) is 6.76. The first kappa shape index (κ1) is 25.7. The van der Waals surface area contributed by atoms with Crippen molar-refractivity contribution < 1.29 is 19.1 Å². The van der Waals surface area contributed by atoms with Gasteiger partial charge in [-0.15, -0.1) is 0 Å². The van der Waals surface area contributed by atoms with Gasteiger partial charge in [-0.05, 0) is 37.1 Å². The van der Waals surface area contributed by atoms with E-state index in [4.69, 9.17) is 9.47 Å². The smallest absolute Gasteiger partial charge is 0.338 e. The minimum absolute atomic E-state index is 0.189. The Labute approximate surface area is 213 Å². The number of carbonyl (C=O) groups is 2. The van der Waals surface area contributed by atoms with Crippen LogP contribution in [0.1, 0.15) is 31.0 Å². The Bertz CT molecular complexity index is 1080. The van der Waals surface area contributed by atoms with Crippen LogP contribution in [0, 0.1) is 0 Å². The van der Waals surface area contributed by atoms with Gasteiger partial charge in [-0.3, -0.25) is 14.7 Å². The molecule has 0 aromatic heterocycles. The predicted octanol–water partition coefficient (Wildman–Crippen LogP) is 3.42. The third kappa shape index (κ3) is 5.88. The molecule has 192 valence electrons. The average Bonchev–Trinajstić information content (AvgIpc) is 2.90. The molecule has 2 amide bonds. The highest BCUT2D eigenvalue weighted by Crippen LogP contribution is 2.32. The number of hydrogen-bond donors (Lipinski definition) is 1. The molecule has 1 fully saturated rings.